The van der Waals surface area contributed by atoms with Crippen LogP contribution in [-0.4, -0.2) is 6.54 Å². The van der Waals surface area contributed by atoms with Gasteiger partial charge in [0, 0.05) is 23.8 Å². The van der Waals surface area contributed by atoms with E-state index in [2.05, 4.69) is 69.0 Å². The molecule has 1 atom stereocenters. The van der Waals surface area contributed by atoms with Crippen molar-refractivity contribution in [2.45, 2.75) is 33.6 Å². The molecule has 0 aromatic heterocycles. The van der Waals surface area contributed by atoms with E-state index in [9.17, 15) is 0 Å². The highest BCUT2D eigenvalue weighted by Crippen LogP contribution is 2.42. The fraction of sp³-hybridized carbons (Fsp3) is 0.333. The maximum atomic E-state index is 2.49. The van der Waals surface area contributed by atoms with Crippen molar-refractivity contribution in [3.63, 3.8) is 0 Å². The van der Waals surface area contributed by atoms with E-state index in [1.807, 2.05) is 0 Å². The van der Waals surface area contributed by atoms with Crippen molar-refractivity contribution in [1.29, 1.82) is 0 Å². The fourth-order valence-corrected chi connectivity index (χ4v) is 3.43. The number of aryl methyl sites for hydroxylation is 3. The molecular weight excluding hydrogens is 230 g/mol. The molecule has 1 unspecified atom stereocenters. The highest BCUT2D eigenvalue weighted by Gasteiger charge is 2.27. The molecule has 1 aliphatic heterocycles. The third-order valence-electron chi connectivity index (χ3n) is 4.12. The van der Waals surface area contributed by atoms with Gasteiger partial charge >= 0.3 is 0 Å². The van der Waals surface area contributed by atoms with Crippen LogP contribution in [0.15, 0.2) is 36.4 Å². The number of benzene rings is 2. The van der Waals surface area contributed by atoms with Gasteiger partial charge < -0.3 is 4.90 Å². The van der Waals surface area contributed by atoms with Gasteiger partial charge in [0.05, 0.1) is 0 Å². The highest BCUT2D eigenvalue weighted by molar-refractivity contribution is 5.75. The summed E-state index contributed by atoms with van der Waals surface area (Å²) in [5.74, 6) is 0.608. The fourth-order valence-electron chi connectivity index (χ4n) is 3.43. The van der Waals surface area contributed by atoms with Crippen LogP contribution in [0.2, 0.25) is 0 Å². The quantitative estimate of drug-likeness (QED) is 0.699. The van der Waals surface area contributed by atoms with Gasteiger partial charge in [-0.15, -0.1) is 0 Å². The summed E-state index contributed by atoms with van der Waals surface area (Å²) in [5.41, 5.74) is 8.34. The van der Waals surface area contributed by atoms with Crippen molar-refractivity contribution in [2.75, 3.05) is 11.4 Å². The van der Waals surface area contributed by atoms with Crippen molar-refractivity contribution >= 4 is 11.4 Å². The van der Waals surface area contributed by atoms with Gasteiger partial charge in [0.2, 0.25) is 0 Å². The van der Waals surface area contributed by atoms with Crippen molar-refractivity contribution in [3.05, 3.63) is 58.7 Å². The van der Waals surface area contributed by atoms with E-state index in [0.717, 1.165) is 6.54 Å². The lowest BCUT2D eigenvalue weighted by Gasteiger charge is -2.24. The molecule has 1 heterocycles. The van der Waals surface area contributed by atoms with Crippen LogP contribution in [0, 0.1) is 20.8 Å². The van der Waals surface area contributed by atoms with Gasteiger partial charge in [-0.2, -0.15) is 0 Å². The lowest BCUT2D eigenvalue weighted by atomic mass is 10.0. The standard InChI is InChI=1S/C18H21N/c1-12-9-13(2)18(14(3)10-12)19-11-15(4)16-7-5-6-8-17(16)19/h5-10,15H,11H2,1-4H3. The molecule has 2 aromatic carbocycles. The zero-order valence-corrected chi connectivity index (χ0v) is 12.2. The average molecular weight is 251 g/mol. The van der Waals surface area contributed by atoms with Crippen molar-refractivity contribution in [1.82, 2.24) is 0 Å². The lowest BCUT2D eigenvalue weighted by Crippen LogP contribution is -2.17. The molecule has 3 rings (SSSR count). The van der Waals surface area contributed by atoms with E-state index in [4.69, 9.17) is 0 Å². The van der Waals surface area contributed by atoms with Crippen molar-refractivity contribution in [2.24, 2.45) is 0 Å². The normalized spacial score (nSPS) is 17.7. The van der Waals surface area contributed by atoms with Gasteiger partial charge in [-0.3, -0.25) is 0 Å². The molecule has 1 heteroatoms. The summed E-state index contributed by atoms with van der Waals surface area (Å²) >= 11 is 0. The molecular formula is C18H21N. The van der Waals surface area contributed by atoms with Crippen LogP contribution in [0.5, 0.6) is 0 Å². The molecule has 0 fully saturated rings. The molecule has 19 heavy (non-hydrogen) atoms. The van der Waals surface area contributed by atoms with E-state index in [0.29, 0.717) is 5.92 Å². The Kier molecular flexibility index (Phi) is 2.85. The molecule has 0 amide bonds. The largest absolute Gasteiger partial charge is 0.340 e. The zero-order valence-electron chi connectivity index (χ0n) is 12.2. The van der Waals surface area contributed by atoms with E-state index >= 15 is 0 Å². The maximum Gasteiger partial charge on any atom is 0.0470 e. The van der Waals surface area contributed by atoms with Gasteiger partial charge in [0.1, 0.15) is 0 Å². The lowest BCUT2D eigenvalue weighted by molar-refractivity contribution is 0.811. The van der Waals surface area contributed by atoms with E-state index in [1.165, 1.54) is 33.6 Å². The predicted molar refractivity (Wildman–Crippen MR) is 82.5 cm³/mol. The highest BCUT2D eigenvalue weighted by atomic mass is 15.2. The number of hydrogen-bond acceptors (Lipinski definition) is 1. The van der Waals surface area contributed by atoms with Crippen LogP contribution in [0.4, 0.5) is 11.4 Å². The average Bonchev–Trinajstić information content (AvgIpc) is 2.67. The molecule has 2 aromatic rings. The zero-order chi connectivity index (χ0) is 13.6. The third kappa shape index (κ3) is 1.94. The Balaban J connectivity index is 2.15. The molecule has 0 saturated heterocycles. The molecule has 0 saturated carbocycles. The summed E-state index contributed by atoms with van der Waals surface area (Å²) in [4.78, 5) is 2.49. The van der Waals surface area contributed by atoms with Gasteiger partial charge in [-0.25, -0.2) is 0 Å². The number of para-hydroxylation sites is 1. The Morgan fingerprint density at radius 2 is 1.63 bits per heavy atom. The first kappa shape index (κ1) is 12.3. The summed E-state index contributed by atoms with van der Waals surface area (Å²) in [6.45, 7) is 10.0. The smallest absolute Gasteiger partial charge is 0.0470 e. The van der Waals surface area contributed by atoms with E-state index < -0.39 is 0 Å². The predicted octanol–water partition coefficient (Wildman–Crippen LogP) is 4.87. The molecule has 1 aliphatic rings. The minimum absolute atomic E-state index is 0.608. The Bertz CT molecular complexity index is 604. The number of fused-ring (bicyclic) bond motifs is 1. The van der Waals surface area contributed by atoms with Gasteiger partial charge in [-0.05, 0) is 43.5 Å². The van der Waals surface area contributed by atoms with E-state index in [-0.39, 0.29) is 0 Å². The van der Waals surface area contributed by atoms with Crippen LogP contribution in [0.1, 0.15) is 35.1 Å². The van der Waals surface area contributed by atoms with Gasteiger partial charge in [0.15, 0.2) is 0 Å². The molecule has 0 radical (unpaired) electrons. The topological polar surface area (TPSA) is 3.24 Å². The summed E-state index contributed by atoms with van der Waals surface area (Å²) in [6.07, 6.45) is 0. The summed E-state index contributed by atoms with van der Waals surface area (Å²) in [5, 5.41) is 0. The molecule has 1 nitrogen and oxygen atoms in total. The minimum atomic E-state index is 0.608. The number of nitrogens with zero attached hydrogens (tertiary/aromatic N) is 1. The second kappa shape index (κ2) is 4.41. The van der Waals surface area contributed by atoms with Crippen LogP contribution >= 0.6 is 0 Å². The van der Waals surface area contributed by atoms with Gasteiger partial charge in [0.25, 0.3) is 0 Å². The maximum absolute atomic E-state index is 2.49. The Labute approximate surface area is 115 Å². The van der Waals surface area contributed by atoms with Gasteiger partial charge in [-0.1, -0.05) is 42.8 Å². The van der Waals surface area contributed by atoms with E-state index in [1.54, 1.807) is 0 Å². The Morgan fingerprint density at radius 1 is 1.00 bits per heavy atom. The summed E-state index contributed by atoms with van der Waals surface area (Å²) in [7, 11) is 0. The molecule has 0 aliphatic carbocycles. The van der Waals surface area contributed by atoms with Crippen LogP contribution in [0.3, 0.4) is 0 Å². The minimum Gasteiger partial charge on any atom is -0.340 e. The molecule has 0 bridgehead atoms. The Hall–Kier alpha value is -1.76. The first-order chi connectivity index (χ1) is 9.08. The number of anilines is 2. The monoisotopic (exact) mass is 251 g/mol. The SMILES string of the molecule is Cc1cc(C)c(N2CC(C)c3ccccc32)c(C)c1. The summed E-state index contributed by atoms with van der Waals surface area (Å²) < 4.78 is 0. The molecule has 0 N–H and O–H groups in total. The molecule has 0 spiro atoms. The number of hydrogen-bond donors (Lipinski definition) is 0. The second-order valence-corrected chi connectivity index (χ2v) is 5.82. The van der Waals surface area contributed by atoms with Crippen molar-refractivity contribution < 1.29 is 0 Å². The number of rotatable bonds is 1. The van der Waals surface area contributed by atoms with Crippen LogP contribution < -0.4 is 4.90 Å². The first-order valence-electron chi connectivity index (χ1n) is 7.02. The Morgan fingerprint density at radius 3 is 2.32 bits per heavy atom. The van der Waals surface area contributed by atoms with Crippen molar-refractivity contribution in [3.8, 4) is 0 Å². The van der Waals surface area contributed by atoms with Crippen LogP contribution in [0.25, 0.3) is 0 Å². The second-order valence-electron chi connectivity index (χ2n) is 5.82. The summed E-state index contributed by atoms with van der Waals surface area (Å²) in [6, 6.07) is 13.4. The molecule has 98 valence electrons. The third-order valence-corrected chi connectivity index (χ3v) is 4.12. The van der Waals surface area contributed by atoms with Crippen LogP contribution in [-0.2, 0) is 0 Å². The first-order valence-corrected chi connectivity index (χ1v) is 7.02.